The van der Waals surface area contributed by atoms with Crippen LogP contribution in [0, 0.1) is 5.82 Å². The van der Waals surface area contributed by atoms with E-state index in [0.29, 0.717) is 11.6 Å². The molecule has 96 valence electrons. The number of pyridine rings is 1. The summed E-state index contributed by atoms with van der Waals surface area (Å²) in [7, 11) is 0. The van der Waals surface area contributed by atoms with Crippen molar-refractivity contribution in [3.63, 3.8) is 0 Å². The molecule has 3 rings (SSSR count). The molecule has 1 aromatic carbocycles. The molecular formula is C14H11ClFN3. The maximum atomic E-state index is 12.8. The molecule has 0 radical (unpaired) electrons. The SMILES string of the molecule is Fc1ccc(NCc2cn3cc(Cl)ccc3n2)cc1. The van der Waals surface area contributed by atoms with E-state index in [1.54, 1.807) is 18.2 Å². The lowest BCUT2D eigenvalue weighted by Gasteiger charge is -2.03. The van der Waals surface area contributed by atoms with Crippen LogP contribution < -0.4 is 5.32 Å². The van der Waals surface area contributed by atoms with Crippen LogP contribution in [0.3, 0.4) is 0 Å². The molecule has 0 bridgehead atoms. The zero-order valence-corrected chi connectivity index (χ0v) is 10.7. The summed E-state index contributed by atoms with van der Waals surface area (Å²) in [5, 5.41) is 3.86. The monoisotopic (exact) mass is 275 g/mol. The second kappa shape index (κ2) is 4.90. The van der Waals surface area contributed by atoms with Crippen molar-refractivity contribution in [2.24, 2.45) is 0 Å². The lowest BCUT2D eigenvalue weighted by Crippen LogP contribution is -1.99. The molecule has 2 heterocycles. The number of benzene rings is 1. The summed E-state index contributed by atoms with van der Waals surface area (Å²) in [6.07, 6.45) is 3.73. The van der Waals surface area contributed by atoms with Gasteiger partial charge in [0.05, 0.1) is 17.3 Å². The maximum Gasteiger partial charge on any atom is 0.137 e. The van der Waals surface area contributed by atoms with Gasteiger partial charge in [0.15, 0.2) is 0 Å². The Hall–Kier alpha value is -2.07. The first kappa shape index (κ1) is 12.0. The Morgan fingerprint density at radius 1 is 1.11 bits per heavy atom. The number of hydrogen-bond donors (Lipinski definition) is 1. The van der Waals surface area contributed by atoms with Gasteiger partial charge in [-0.1, -0.05) is 11.6 Å². The van der Waals surface area contributed by atoms with Gasteiger partial charge in [-0.25, -0.2) is 9.37 Å². The summed E-state index contributed by atoms with van der Waals surface area (Å²) < 4.78 is 14.7. The van der Waals surface area contributed by atoms with Crippen LogP contribution in [-0.2, 0) is 6.54 Å². The van der Waals surface area contributed by atoms with Gasteiger partial charge in [0.1, 0.15) is 11.5 Å². The van der Waals surface area contributed by atoms with Crippen molar-refractivity contribution in [2.75, 3.05) is 5.32 Å². The van der Waals surface area contributed by atoms with Crippen molar-refractivity contribution >= 4 is 22.9 Å². The number of hydrogen-bond acceptors (Lipinski definition) is 2. The number of aromatic nitrogens is 2. The molecule has 0 fully saturated rings. The number of rotatable bonds is 3. The van der Waals surface area contributed by atoms with Gasteiger partial charge in [-0.05, 0) is 36.4 Å². The minimum atomic E-state index is -0.243. The van der Waals surface area contributed by atoms with E-state index in [1.165, 1.54) is 12.1 Å². The van der Waals surface area contributed by atoms with Crippen LogP contribution in [0.25, 0.3) is 5.65 Å². The van der Waals surface area contributed by atoms with Crippen LogP contribution in [0.1, 0.15) is 5.69 Å². The third-order valence-corrected chi connectivity index (χ3v) is 3.01. The fourth-order valence-electron chi connectivity index (χ4n) is 1.86. The summed E-state index contributed by atoms with van der Waals surface area (Å²) in [5.41, 5.74) is 2.60. The van der Waals surface area contributed by atoms with Crippen molar-refractivity contribution in [1.82, 2.24) is 9.38 Å². The van der Waals surface area contributed by atoms with E-state index in [0.717, 1.165) is 17.0 Å². The molecule has 0 aliphatic heterocycles. The van der Waals surface area contributed by atoms with E-state index in [-0.39, 0.29) is 5.82 Å². The standard InChI is InChI=1S/C14H11ClFN3/c15-10-1-6-14-18-13(9-19(14)8-10)7-17-12-4-2-11(16)3-5-12/h1-6,8-9,17H,7H2. The van der Waals surface area contributed by atoms with Gasteiger partial charge in [0.2, 0.25) is 0 Å². The van der Waals surface area contributed by atoms with Crippen LogP contribution in [0.5, 0.6) is 0 Å². The summed E-state index contributed by atoms with van der Waals surface area (Å²) in [6.45, 7) is 0.574. The molecule has 3 nitrogen and oxygen atoms in total. The van der Waals surface area contributed by atoms with E-state index in [2.05, 4.69) is 10.3 Å². The number of nitrogens with one attached hydrogen (secondary N) is 1. The Labute approximate surface area is 114 Å². The average Bonchev–Trinajstić information content (AvgIpc) is 2.80. The number of halogens is 2. The molecule has 0 aliphatic carbocycles. The van der Waals surface area contributed by atoms with Crippen molar-refractivity contribution < 1.29 is 4.39 Å². The summed E-state index contributed by atoms with van der Waals surface area (Å²) in [6, 6.07) is 9.91. The predicted octanol–water partition coefficient (Wildman–Crippen LogP) is 3.74. The molecule has 0 aliphatic rings. The van der Waals surface area contributed by atoms with Crippen LogP contribution in [0.15, 0.2) is 48.8 Å². The zero-order chi connectivity index (χ0) is 13.2. The van der Waals surface area contributed by atoms with Gasteiger partial charge in [-0.2, -0.15) is 0 Å². The van der Waals surface area contributed by atoms with Gasteiger partial charge < -0.3 is 9.72 Å². The van der Waals surface area contributed by atoms with Crippen molar-refractivity contribution in [3.8, 4) is 0 Å². The predicted molar refractivity (Wildman–Crippen MR) is 73.9 cm³/mol. The largest absolute Gasteiger partial charge is 0.379 e. The van der Waals surface area contributed by atoms with Gasteiger partial charge >= 0.3 is 0 Å². The Kier molecular flexibility index (Phi) is 3.09. The van der Waals surface area contributed by atoms with E-state index >= 15 is 0 Å². The molecule has 2 aromatic heterocycles. The zero-order valence-electron chi connectivity index (χ0n) is 9.98. The summed E-state index contributed by atoms with van der Waals surface area (Å²) in [4.78, 5) is 4.45. The number of nitrogens with zero attached hydrogens (tertiary/aromatic N) is 2. The topological polar surface area (TPSA) is 29.3 Å². The fourth-order valence-corrected chi connectivity index (χ4v) is 2.03. The molecular weight excluding hydrogens is 265 g/mol. The molecule has 0 unspecified atom stereocenters. The second-order valence-corrected chi connectivity index (χ2v) is 4.64. The lowest BCUT2D eigenvalue weighted by atomic mass is 10.3. The van der Waals surface area contributed by atoms with E-state index < -0.39 is 0 Å². The van der Waals surface area contributed by atoms with Crippen LogP contribution >= 0.6 is 11.6 Å². The van der Waals surface area contributed by atoms with Gasteiger partial charge in [-0.15, -0.1) is 0 Å². The first-order valence-electron chi connectivity index (χ1n) is 5.83. The molecule has 19 heavy (non-hydrogen) atoms. The first-order chi connectivity index (χ1) is 9.20. The molecule has 1 N–H and O–H groups in total. The molecule has 5 heteroatoms. The second-order valence-electron chi connectivity index (χ2n) is 4.21. The molecule has 0 amide bonds. The van der Waals surface area contributed by atoms with Gasteiger partial charge in [0.25, 0.3) is 0 Å². The molecule has 0 spiro atoms. The van der Waals surface area contributed by atoms with Crippen LogP contribution in [0.2, 0.25) is 5.02 Å². The highest BCUT2D eigenvalue weighted by atomic mass is 35.5. The molecule has 0 atom stereocenters. The lowest BCUT2D eigenvalue weighted by molar-refractivity contribution is 0.628. The van der Waals surface area contributed by atoms with Crippen molar-refractivity contribution in [2.45, 2.75) is 6.54 Å². The van der Waals surface area contributed by atoms with E-state index in [9.17, 15) is 4.39 Å². The Bertz CT molecular complexity index is 706. The Morgan fingerprint density at radius 2 is 1.89 bits per heavy atom. The highest BCUT2D eigenvalue weighted by Crippen LogP contribution is 2.13. The minimum Gasteiger partial charge on any atom is -0.379 e. The number of anilines is 1. The van der Waals surface area contributed by atoms with Crippen molar-refractivity contribution in [3.05, 3.63) is 65.3 Å². The molecule has 3 aromatic rings. The average molecular weight is 276 g/mol. The number of imidazole rings is 1. The van der Waals surface area contributed by atoms with Gasteiger partial charge in [0, 0.05) is 18.1 Å². The minimum absolute atomic E-state index is 0.243. The highest BCUT2D eigenvalue weighted by Gasteiger charge is 2.02. The third-order valence-electron chi connectivity index (χ3n) is 2.78. The maximum absolute atomic E-state index is 12.8. The smallest absolute Gasteiger partial charge is 0.137 e. The summed E-state index contributed by atoms with van der Waals surface area (Å²) in [5.74, 6) is -0.243. The first-order valence-corrected chi connectivity index (χ1v) is 6.21. The normalized spacial score (nSPS) is 10.8. The number of fused-ring (bicyclic) bond motifs is 1. The quantitative estimate of drug-likeness (QED) is 0.789. The van der Waals surface area contributed by atoms with E-state index in [4.69, 9.17) is 11.6 Å². The van der Waals surface area contributed by atoms with Crippen LogP contribution in [0.4, 0.5) is 10.1 Å². The van der Waals surface area contributed by atoms with Crippen molar-refractivity contribution in [1.29, 1.82) is 0 Å². The third kappa shape index (κ3) is 2.69. The molecule has 0 saturated carbocycles. The highest BCUT2D eigenvalue weighted by molar-refractivity contribution is 6.30. The van der Waals surface area contributed by atoms with Crippen LogP contribution in [-0.4, -0.2) is 9.38 Å². The van der Waals surface area contributed by atoms with Gasteiger partial charge in [-0.3, -0.25) is 0 Å². The Morgan fingerprint density at radius 3 is 2.68 bits per heavy atom. The Balaban J connectivity index is 1.76. The summed E-state index contributed by atoms with van der Waals surface area (Å²) >= 11 is 5.92. The fraction of sp³-hybridized carbons (Fsp3) is 0.0714. The molecule has 0 saturated heterocycles. The van der Waals surface area contributed by atoms with E-state index in [1.807, 2.05) is 22.9 Å².